The Hall–Kier alpha value is -2.51. The Morgan fingerprint density at radius 3 is 3.04 bits per heavy atom. The maximum absolute atomic E-state index is 12.7. The van der Waals surface area contributed by atoms with Gasteiger partial charge in [0.2, 0.25) is 5.91 Å². The third kappa shape index (κ3) is 4.77. The largest absolute Gasteiger partial charge is 0.377 e. The molecule has 7 nitrogen and oxygen atoms in total. The number of aromatic nitrogens is 2. The molecule has 1 amide bonds. The summed E-state index contributed by atoms with van der Waals surface area (Å²) >= 11 is 0. The van der Waals surface area contributed by atoms with Crippen LogP contribution in [-0.4, -0.2) is 47.8 Å². The van der Waals surface area contributed by atoms with Crippen LogP contribution in [0.4, 0.5) is 0 Å². The maximum Gasteiger partial charge on any atom is 0.252 e. The highest BCUT2D eigenvalue weighted by Gasteiger charge is 2.31. The van der Waals surface area contributed by atoms with E-state index in [0.717, 1.165) is 5.56 Å². The van der Waals surface area contributed by atoms with Gasteiger partial charge >= 0.3 is 0 Å². The normalized spacial score (nSPS) is 17.7. The molecule has 2 heterocycles. The van der Waals surface area contributed by atoms with E-state index >= 15 is 0 Å². The average Bonchev–Trinajstić information content (AvgIpc) is 3.15. The summed E-state index contributed by atoms with van der Waals surface area (Å²) in [7, 11) is 1.56. The molecular formula is C19H23N3O4. The summed E-state index contributed by atoms with van der Waals surface area (Å²) in [5.41, 5.74) is 1.13. The SMILES string of the molecule is COCc1nc(C2COCCN2C(=O)CC/C=C/c2ccccc2)no1. The number of hydrogen-bond acceptors (Lipinski definition) is 6. The molecule has 1 aliphatic rings. The molecule has 1 unspecified atom stereocenters. The molecular weight excluding hydrogens is 334 g/mol. The molecule has 0 bridgehead atoms. The lowest BCUT2D eigenvalue weighted by Crippen LogP contribution is -2.43. The number of carbonyl (C=O) groups is 1. The second-order valence-corrected chi connectivity index (χ2v) is 6.01. The second-order valence-electron chi connectivity index (χ2n) is 6.01. The van der Waals surface area contributed by atoms with Crippen LogP contribution in [-0.2, 0) is 20.9 Å². The molecule has 1 aliphatic heterocycles. The zero-order valence-electron chi connectivity index (χ0n) is 14.8. The smallest absolute Gasteiger partial charge is 0.252 e. The number of benzene rings is 1. The molecule has 0 spiro atoms. The Kier molecular flexibility index (Phi) is 6.51. The van der Waals surface area contributed by atoms with E-state index < -0.39 is 0 Å². The van der Waals surface area contributed by atoms with Gasteiger partial charge in [-0.05, 0) is 12.0 Å². The molecule has 0 aliphatic carbocycles. The minimum absolute atomic E-state index is 0.0640. The van der Waals surface area contributed by atoms with E-state index in [1.807, 2.05) is 42.5 Å². The molecule has 0 saturated carbocycles. The quantitative estimate of drug-likeness (QED) is 0.758. The van der Waals surface area contributed by atoms with Crippen molar-refractivity contribution in [1.29, 1.82) is 0 Å². The lowest BCUT2D eigenvalue weighted by molar-refractivity contribution is -0.140. The third-order valence-corrected chi connectivity index (χ3v) is 4.13. The molecule has 0 N–H and O–H groups in total. The van der Waals surface area contributed by atoms with Gasteiger partial charge in [0.15, 0.2) is 5.82 Å². The van der Waals surface area contributed by atoms with E-state index in [4.69, 9.17) is 14.0 Å². The molecule has 26 heavy (non-hydrogen) atoms. The van der Waals surface area contributed by atoms with Crippen LogP contribution in [0.5, 0.6) is 0 Å². The van der Waals surface area contributed by atoms with Gasteiger partial charge in [-0.15, -0.1) is 0 Å². The summed E-state index contributed by atoms with van der Waals surface area (Å²) in [4.78, 5) is 18.7. The van der Waals surface area contributed by atoms with Crippen molar-refractivity contribution in [1.82, 2.24) is 15.0 Å². The predicted molar refractivity (Wildman–Crippen MR) is 95.0 cm³/mol. The average molecular weight is 357 g/mol. The standard InChI is InChI=1S/C19H23N3O4/c1-24-14-17-20-19(21-26-17)16-13-25-12-11-22(16)18(23)10-6-5-9-15-7-3-2-4-8-15/h2-5,7-9,16H,6,10-14H2,1H3/b9-5+. The first-order chi connectivity index (χ1) is 12.8. The lowest BCUT2D eigenvalue weighted by atomic mass is 10.1. The first-order valence-corrected chi connectivity index (χ1v) is 8.68. The predicted octanol–water partition coefficient (Wildman–Crippen LogP) is 2.61. The van der Waals surface area contributed by atoms with Crippen molar-refractivity contribution in [2.24, 2.45) is 0 Å². The highest BCUT2D eigenvalue weighted by Crippen LogP contribution is 2.23. The van der Waals surface area contributed by atoms with Crippen molar-refractivity contribution in [3.63, 3.8) is 0 Å². The topological polar surface area (TPSA) is 77.7 Å². The van der Waals surface area contributed by atoms with Crippen LogP contribution in [0.2, 0.25) is 0 Å². The van der Waals surface area contributed by atoms with E-state index in [1.165, 1.54) is 0 Å². The minimum atomic E-state index is -0.316. The number of rotatable bonds is 7. The van der Waals surface area contributed by atoms with Crippen LogP contribution in [0.3, 0.4) is 0 Å². The van der Waals surface area contributed by atoms with Crippen molar-refractivity contribution >= 4 is 12.0 Å². The van der Waals surface area contributed by atoms with Crippen molar-refractivity contribution < 1.29 is 18.8 Å². The lowest BCUT2D eigenvalue weighted by Gasteiger charge is -2.33. The summed E-state index contributed by atoms with van der Waals surface area (Å²) in [5.74, 6) is 0.922. The molecule has 1 fully saturated rings. The fourth-order valence-electron chi connectivity index (χ4n) is 2.84. The molecule has 1 aromatic heterocycles. The first kappa shape index (κ1) is 18.3. The van der Waals surface area contributed by atoms with Gasteiger partial charge in [-0.1, -0.05) is 47.6 Å². The summed E-state index contributed by atoms with van der Waals surface area (Å²) < 4.78 is 15.6. The number of methoxy groups -OCH3 is 1. The van der Waals surface area contributed by atoms with E-state index in [9.17, 15) is 4.79 Å². The Morgan fingerprint density at radius 2 is 2.23 bits per heavy atom. The molecule has 2 aromatic rings. The fraction of sp³-hybridized carbons (Fsp3) is 0.421. The van der Waals surface area contributed by atoms with Crippen molar-refractivity contribution in [3.05, 3.63) is 53.7 Å². The fourth-order valence-corrected chi connectivity index (χ4v) is 2.84. The second kappa shape index (κ2) is 9.26. The molecule has 1 saturated heterocycles. The van der Waals surface area contributed by atoms with Crippen LogP contribution >= 0.6 is 0 Å². The van der Waals surface area contributed by atoms with Gasteiger partial charge in [-0.25, -0.2) is 0 Å². The summed E-state index contributed by atoms with van der Waals surface area (Å²) in [6, 6.07) is 9.71. The van der Waals surface area contributed by atoms with Crippen molar-refractivity contribution in [2.45, 2.75) is 25.5 Å². The zero-order chi connectivity index (χ0) is 18.2. The van der Waals surface area contributed by atoms with Crippen molar-refractivity contribution in [3.8, 4) is 0 Å². The Bertz CT molecular complexity index is 729. The maximum atomic E-state index is 12.7. The molecule has 1 aromatic carbocycles. The third-order valence-electron chi connectivity index (χ3n) is 4.13. The van der Waals surface area contributed by atoms with Crippen LogP contribution in [0.25, 0.3) is 6.08 Å². The molecule has 3 rings (SSSR count). The first-order valence-electron chi connectivity index (χ1n) is 8.68. The van der Waals surface area contributed by atoms with E-state index in [1.54, 1.807) is 12.0 Å². The Balaban J connectivity index is 1.57. The number of ether oxygens (including phenoxy) is 2. The molecule has 138 valence electrons. The van der Waals surface area contributed by atoms with Crippen LogP contribution in [0, 0.1) is 0 Å². The molecule has 7 heteroatoms. The van der Waals surface area contributed by atoms with Gasteiger partial charge in [-0.3, -0.25) is 4.79 Å². The van der Waals surface area contributed by atoms with Crippen LogP contribution in [0.15, 0.2) is 40.9 Å². The molecule has 0 radical (unpaired) electrons. The van der Waals surface area contributed by atoms with Gasteiger partial charge in [0.25, 0.3) is 5.89 Å². The van der Waals surface area contributed by atoms with E-state index in [-0.39, 0.29) is 18.6 Å². The van der Waals surface area contributed by atoms with E-state index in [0.29, 0.717) is 44.3 Å². The van der Waals surface area contributed by atoms with Crippen LogP contribution < -0.4 is 0 Å². The van der Waals surface area contributed by atoms with Gasteiger partial charge < -0.3 is 18.9 Å². The zero-order valence-corrected chi connectivity index (χ0v) is 14.8. The van der Waals surface area contributed by atoms with Gasteiger partial charge in [0.05, 0.1) is 13.2 Å². The van der Waals surface area contributed by atoms with Gasteiger partial charge in [-0.2, -0.15) is 4.98 Å². The highest BCUT2D eigenvalue weighted by atomic mass is 16.5. The summed E-state index contributed by atoms with van der Waals surface area (Å²) in [6.45, 7) is 1.67. The number of amides is 1. The van der Waals surface area contributed by atoms with Crippen LogP contribution in [0.1, 0.15) is 36.2 Å². The summed E-state index contributed by atoms with van der Waals surface area (Å²) in [6.07, 6.45) is 5.16. The Morgan fingerprint density at radius 1 is 1.38 bits per heavy atom. The van der Waals surface area contributed by atoms with Crippen molar-refractivity contribution in [2.75, 3.05) is 26.9 Å². The number of hydrogen-bond donors (Lipinski definition) is 0. The minimum Gasteiger partial charge on any atom is -0.377 e. The Labute approximate surface area is 152 Å². The van der Waals surface area contributed by atoms with E-state index in [2.05, 4.69) is 10.1 Å². The van der Waals surface area contributed by atoms with Gasteiger partial charge in [0.1, 0.15) is 12.6 Å². The number of carbonyl (C=O) groups excluding carboxylic acids is 1. The highest BCUT2D eigenvalue weighted by molar-refractivity contribution is 5.77. The number of morpholine rings is 1. The number of nitrogens with zero attached hydrogens (tertiary/aromatic N) is 3. The monoisotopic (exact) mass is 357 g/mol. The summed E-state index contributed by atoms with van der Waals surface area (Å²) in [5, 5.41) is 3.97. The molecule has 1 atom stereocenters. The number of allylic oxidation sites excluding steroid dienone is 1. The van der Waals surface area contributed by atoms with Gasteiger partial charge in [0, 0.05) is 20.1 Å².